The Kier molecular flexibility index (Phi) is 8.04. The molecule has 1 heterocycles. The molecule has 0 radical (unpaired) electrons. The fourth-order valence-electron chi connectivity index (χ4n) is 6.01. The second-order valence-electron chi connectivity index (χ2n) is 11.3. The third-order valence-electron chi connectivity index (χ3n) is 8.36. The molecule has 1 aliphatic carbocycles. The van der Waals surface area contributed by atoms with Crippen LogP contribution in [0.2, 0.25) is 0 Å². The van der Waals surface area contributed by atoms with Crippen LogP contribution in [0.15, 0.2) is 91.0 Å². The second kappa shape index (κ2) is 12.2. The lowest BCUT2D eigenvalue weighted by molar-refractivity contribution is 0.0917. The quantitative estimate of drug-likeness (QED) is 0.134. The summed E-state index contributed by atoms with van der Waals surface area (Å²) in [4.78, 5) is 13.7. The van der Waals surface area contributed by atoms with Crippen molar-refractivity contribution in [1.29, 1.82) is 5.41 Å². The van der Waals surface area contributed by atoms with Crippen LogP contribution in [0.3, 0.4) is 0 Å². The first-order valence-corrected chi connectivity index (χ1v) is 14.6. The van der Waals surface area contributed by atoms with Gasteiger partial charge in [0.2, 0.25) is 0 Å². The van der Waals surface area contributed by atoms with Crippen molar-refractivity contribution in [3.8, 4) is 0 Å². The topological polar surface area (TPSA) is 119 Å². The minimum absolute atomic E-state index is 0.000462. The molecule has 1 fully saturated rings. The Morgan fingerprint density at radius 1 is 0.857 bits per heavy atom. The van der Waals surface area contributed by atoms with Crippen LogP contribution < -0.4 is 16.8 Å². The number of amidine groups is 1. The Morgan fingerprint density at radius 2 is 1.55 bits per heavy atom. The van der Waals surface area contributed by atoms with Crippen molar-refractivity contribution < 1.29 is 9.53 Å². The first kappa shape index (κ1) is 27.7. The number of carbonyl (C=O) groups is 1. The van der Waals surface area contributed by atoms with Crippen LogP contribution in [0, 0.1) is 5.41 Å². The van der Waals surface area contributed by atoms with Crippen molar-refractivity contribution in [1.82, 2.24) is 9.88 Å². The Hall–Kier alpha value is -4.46. The van der Waals surface area contributed by atoms with Gasteiger partial charge in [0, 0.05) is 35.1 Å². The van der Waals surface area contributed by atoms with E-state index in [1.54, 1.807) is 0 Å². The highest BCUT2D eigenvalue weighted by atomic mass is 16.5. The predicted molar refractivity (Wildman–Crippen MR) is 169 cm³/mol. The Labute approximate surface area is 246 Å². The summed E-state index contributed by atoms with van der Waals surface area (Å²) in [5.41, 5.74) is 17.4. The van der Waals surface area contributed by atoms with E-state index < -0.39 is 0 Å². The average Bonchev–Trinajstić information content (AvgIpc) is 3.37. The van der Waals surface area contributed by atoms with Gasteiger partial charge in [0.1, 0.15) is 11.5 Å². The number of nitrogens with zero attached hydrogens (tertiary/aromatic N) is 1. The fourth-order valence-corrected chi connectivity index (χ4v) is 6.01. The number of nitrogen functional groups attached to an aromatic ring is 1. The average molecular weight is 560 g/mol. The molecule has 214 valence electrons. The number of carbonyl (C=O) groups excluding carboxylic acids is 1. The van der Waals surface area contributed by atoms with Crippen molar-refractivity contribution in [2.45, 2.75) is 57.5 Å². The third kappa shape index (κ3) is 5.93. The summed E-state index contributed by atoms with van der Waals surface area (Å²) in [6.07, 6.45) is 3.62. The number of aromatic nitrogens is 1. The SMILES string of the molecule is N=C(N)c1ccc2cc(C(=O)N[C@H]3CC[C@H](N)CC3)n(Cc3ccc(COCc4ccccc4)c4ccccc34)c2c1. The molecule has 0 spiro atoms. The molecule has 0 aliphatic heterocycles. The highest BCUT2D eigenvalue weighted by Gasteiger charge is 2.23. The van der Waals surface area contributed by atoms with E-state index in [1.165, 1.54) is 0 Å². The van der Waals surface area contributed by atoms with E-state index in [0.29, 0.717) is 31.0 Å². The zero-order valence-corrected chi connectivity index (χ0v) is 23.7. The van der Waals surface area contributed by atoms with Gasteiger partial charge in [0.15, 0.2) is 0 Å². The lowest BCUT2D eigenvalue weighted by Crippen LogP contribution is -2.41. The van der Waals surface area contributed by atoms with Gasteiger partial charge >= 0.3 is 0 Å². The Bertz CT molecular complexity index is 1740. The van der Waals surface area contributed by atoms with Gasteiger partial charge in [0.05, 0.1) is 13.2 Å². The smallest absolute Gasteiger partial charge is 0.268 e. The normalized spacial score (nSPS) is 17.0. The first-order chi connectivity index (χ1) is 20.5. The first-order valence-electron chi connectivity index (χ1n) is 14.6. The highest BCUT2D eigenvalue weighted by molar-refractivity contribution is 6.02. The van der Waals surface area contributed by atoms with Crippen LogP contribution in [-0.4, -0.2) is 28.4 Å². The zero-order chi connectivity index (χ0) is 29.1. The molecule has 1 aromatic heterocycles. The molecule has 0 unspecified atom stereocenters. The number of benzene rings is 4. The largest absolute Gasteiger partial charge is 0.384 e. The van der Waals surface area contributed by atoms with E-state index in [-0.39, 0.29) is 23.8 Å². The molecule has 42 heavy (non-hydrogen) atoms. The third-order valence-corrected chi connectivity index (χ3v) is 8.36. The Morgan fingerprint density at radius 3 is 2.29 bits per heavy atom. The van der Waals surface area contributed by atoms with E-state index in [9.17, 15) is 4.79 Å². The van der Waals surface area contributed by atoms with Crippen LogP contribution in [0.4, 0.5) is 0 Å². The minimum atomic E-state index is -0.0914. The molecular weight excluding hydrogens is 522 g/mol. The van der Waals surface area contributed by atoms with Gasteiger partial charge in [-0.2, -0.15) is 0 Å². The fraction of sp³-hybridized carbons (Fsp3) is 0.257. The van der Waals surface area contributed by atoms with Gasteiger partial charge < -0.3 is 26.1 Å². The maximum Gasteiger partial charge on any atom is 0.268 e. The van der Waals surface area contributed by atoms with Crippen LogP contribution in [0.1, 0.15) is 58.4 Å². The zero-order valence-electron chi connectivity index (χ0n) is 23.7. The van der Waals surface area contributed by atoms with E-state index >= 15 is 0 Å². The number of fused-ring (bicyclic) bond motifs is 2. The molecule has 1 aliphatic rings. The van der Waals surface area contributed by atoms with Crippen LogP contribution >= 0.6 is 0 Å². The van der Waals surface area contributed by atoms with Crippen molar-refractivity contribution >= 4 is 33.4 Å². The molecule has 7 nitrogen and oxygen atoms in total. The van der Waals surface area contributed by atoms with Crippen molar-refractivity contribution in [2.75, 3.05) is 0 Å². The number of ether oxygens (including phenoxy) is 1. The highest BCUT2D eigenvalue weighted by Crippen LogP contribution is 2.29. The lowest BCUT2D eigenvalue weighted by Gasteiger charge is -2.27. The van der Waals surface area contributed by atoms with Crippen LogP contribution in [0.5, 0.6) is 0 Å². The van der Waals surface area contributed by atoms with E-state index in [0.717, 1.165) is 64.0 Å². The molecule has 5 aromatic rings. The second-order valence-corrected chi connectivity index (χ2v) is 11.3. The van der Waals surface area contributed by atoms with Gasteiger partial charge in [-0.25, -0.2) is 0 Å². The number of rotatable bonds is 9. The van der Waals surface area contributed by atoms with Gasteiger partial charge in [-0.15, -0.1) is 0 Å². The lowest BCUT2D eigenvalue weighted by atomic mass is 9.92. The molecular formula is C35H37N5O2. The molecule has 6 N–H and O–H groups in total. The minimum Gasteiger partial charge on any atom is -0.384 e. The number of nitrogens with one attached hydrogen (secondary N) is 2. The van der Waals surface area contributed by atoms with E-state index in [1.807, 2.05) is 54.6 Å². The van der Waals surface area contributed by atoms with Crippen molar-refractivity contribution in [3.63, 3.8) is 0 Å². The standard InChI is InChI=1S/C35H37N5O2/c36-28-14-16-29(17-15-28)39-35(41)33-18-24-10-11-25(34(37)38)19-32(24)40(33)20-26-12-13-27(31-9-5-4-8-30(26)31)22-42-21-23-6-2-1-3-7-23/h1-13,18-19,28-29H,14-17,20-22,36H2,(H3,37,38)(H,39,41)/t28-,29-. The predicted octanol–water partition coefficient (Wildman–Crippen LogP) is 5.84. The number of nitrogens with two attached hydrogens (primary N) is 2. The summed E-state index contributed by atoms with van der Waals surface area (Å²) < 4.78 is 8.14. The summed E-state index contributed by atoms with van der Waals surface area (Å²) in [5.74, 6) is -0.0919. The summed E-state index contributed by atoms with van der Waals surface area (Å²) in [6, 6.07) is 30.7. The van der Waals surface area contributed by atoms with E-state index in [2.05, 4.69) is 46.3 Å². The summed E-state index contributed by atoms with van der Waals surface area (Å²) in [5, 5.41) is 14.4. The summed E-state index contributed by atoms with van der Waals surface area (Å²) in [7, 11) is 0. The number of hydrogen-bond donors (Lipinski definition) is 4. The molecule has 1 saturated carbocycles. The van der Waals surface area contributed by atoms with Gasteiger partial charge in [0.25, 0.3) is 5.91 Å². The summed E-state index contributed by atoms with van der Waals surface area (Å²) in [6.45, 7) is 1.55. The maximum atomic E-state index is 13.7. The molecule has 1 amide bonds. The molecule has 6 rings (SSSR count). The van der Waals surface area contributed by atoms with Crippen molar-refractivity contribution in [3.05, 3.63) is 119 Å². The van der Waals surface area contributed by atoms with Gasteiger partial charge in [-0.1, -0.05) is 78.9 Å². The van der Waals surface area contributed by atoms with Crippen molar-refractivity contribution in [2.24, 2.45) is 11.5 Å². The monoisotopic (exact) mass is 559 g/mol. The van der Waals surface area contributed by atoms with Crippen LogP contribution in [-0.2, 0) is 24.5 Å². The number of amides is 1. The Balaban J connectivity index is 1.33. The number of hydrogen-bond acceptors (Lipinski definition) is 4. The molecule has 4 aromatic carbocycles. The maximum absolute atomic E-state index is 13.7. The van der Waals surface area contributed by atoms with Gasteiger partial charge in [-0.05, 0) is 65.3 Å². The van der Waals surface area contributed by atoms with E-state index in [4.69, 9.17) is 21.6 Å². The molecule has 0 saturated heterocycles. The molecule has 7 heteroatoms. The van der Waals surface area contributed by atoms with Gasteiger partial charge in [-0.3, -0.25) is 10.2 Å². The summed E-state index contributed by atoms with van der Waals surface area (Å²) >= 11 is 0. The molecule has 0 atom stereocenters. The molecule has 0 bridgehead atoms. The van der Waals surface area contributed by atoms with Crippen LogP contribution in [0.25, 0.3) is 21.7 Å².